The number of benzene rings is 10. The van der Waals surface area contributed by atoms with Crippen molar-refractivity contribution < 1.29 is 4.42 Å². The van der Waals surface area contributed by atoms with Crippen LogP contribution in [0.4, 0.5) is 28.4 Å². The molecule has 0 saturated heterocycles. The Kier molecular flexibility index (Phi) is 8.28. The van der Waals surface area contributed by atoms with Crippen molar-refractivity contribution in [3.8, 4) is 11.1 Å². The number of hydrogen-bond acceptors (Lipinski definition) is 4. The summed E-state index contributed by atoms with van der Waals surface area (Å²) in [5.41, 5.74) is 15.1. The molecular formula is C62H40N2OS. The van der Waals surface area contributed by atoms with Gasteiger partial charge in [-0.05, 0) is 129 Å². The normalized spacial score (nSPS) is 14.6. The summed E-state index contributed by atoms with van der Waals surface area (Å²) in [5.74, 6) is 0.208. The molecule has 66 heavy (non-hydrogen) atoms. The maximum atomic E-state index is 6.48. The second kappa shape index (κ2) is 14.7. The number of anilines is 5. The lowest BCUT2D eigenvalue weighted by molar-refractivity contribution is 0.669. The van der Waals surface area contributed by atoms with Crippen molar-refractivity contribution in [3.05, 3.63) is 241 Å². The minimum atomic E-state index is 0.208. The van der Waals surface area contributed by atoms with Crippen molar-refractivity contribution in [1.29, 1.82) is 0 Å². The monoisotopic (exact) mass is 860 g/mol. The highest BCUT2D eigenvalue weighted by Crippen LogP contribution is 2.55. The van der Waals surface area contributed by atoms with Crippen molar-refractivity contribution in [2.75, 3.05) is 9.80 Å². The van der Waals surface area contributed by atoms with Gasteiger partial charge in [0.1, 0.15) is 11.2 Å². The molecule has 10 aromatic carbocycles. The van der Waals surface area contributed by atoms with Crippen LogP contribution in [0.25, 0.3) is 80.4 Å². The van der Waals surface area contributed by atoms with Gasteiger partial charge in [0.05, 0.1) is 5.69 Å². The van der Waals surface area contributed by atoms with E-state index in [1.165, 1.54) is 86.6 Å². The first kappa shape index (κ1) is 37.2. The van der Waals surface area contributed by atoms with Crippen LogP contribution >= 0.6 is 11.3 Å². The number of fused-ring (bicyclic) bond motifs is 12. The minimum absolute atomic E-state index is 0.208. The fourth-order valence-electron chi connectivity index (χ4n) is 10.9. The van der Waals surface area contributed by atoms with E-state index >= 15 is 0 Å². The number of para-hydroxylation sites is 2. The van der Waals surface area contributed by atoms with Gasteiger partial charge in [-0.1, -0.05) is 140 Å². The van der Waals surface area contributed by atoms with Crippen molar-refractivity contribution in [1.82, 2.24) is 0 Å². The quantitative estimate of drug-likeness (QED) is 0.166. The minimum Gasteiger partial charge on any atom is -0.456 e. The van der Waals surface area contributed by atoms with Crippen LogP contribution in [0.15, 0.2) is 235 Å². The maximum absolute atomic E-state index is 6.48. The van der Waals surface area contributed by atoms with Crippen molar-refractivity contribution in [3.63, 3.8) is 0 Å². The molecule has 1 aliphatic heterocycles. The molecule has 0 fully saturated rings. The summed E-state index contributed by atoms with van der Waals surface area (Å²) >= 11 is 1.91. The van der Waals surface area contributed by atoms with Gasteiger partial charge >= 0.3 is 0 Å². The molecule has 310 valence electrons. The molecule has 1 aliphatic carbocycles. The van der Waals surface area contributed by atoms with E-state index in [2.05, 4.69) is 228 Å². The smallest absolute Gasteiger partial charge is 0.137 e. The zero-order valence-electron chi connectivity index (χ0n) is 35.9. The van der Waals surface area contributed by atoms with Crippen LogP contribution in [0.2, 0.25) is 0 Å². The largest absolute Gasteiger partial charge is 0.456 e. The lowest BCUT2D eigenvalue weighted by atomic mass is 9.84. The van der Waals surface area contributed by atoms with Gasteiger partial charge in [0.15, 0.2) is 0 Å². The third kappa shape index (κ3) is 5.82. The molecule has 12 aromatic rings. The number of rotatable bonds is 6. The Morgan fingerprint density at radius 3 is 2.11 bits per heavy atom. The molecule has 14 rings (SSSR count). The Hall–Kier alpha value is -8.18. The lowest BCUT2D eigenvalue weighted by Gasteiger charge is -2.28. The summed E-state index contributed by atoms with van der Waals surface area (Å²) in [5, 5.41) is 10.0. The second-order valence-electron chi connectivity index (χ2n) is 17.6. The third-order valence-corrected chi connectivity index (χ3v) is 15.2. The second-order valence-corrected chi connectivity index (χ2v) is 18.7. The zero-order chi connectivity index (χ0) is 43.3. The SMILES string of the molecule is C1=C(c2cccc(N(c3ccc(-c4cccc5ccccc45)cc3)c3ccc4c(c3)oc3ccccc34)c2)CC2C(=C1)N(c1ccccc1)c1cc3c(ccc4c5ccccc5sc34)cc12. The number of hydrogen-bond donors (Lipinski definition) is 0. The molecule has 1 unspecified atom stereocenters. The highest BCUT2D eigenvalue weighted by molar-refractivity contribution is 7.26. The van der Waals surface area contributed by atoms with E-state index in [9.17, 15) is 0 Å². The predicted molar refractivity (Wildman–Crippen MR) is 280 cm³/mol. The Morgan fingerprint density at radius 1 is 0.470 bits per heavy atom. The zero-order valence-corrected chi connectivity index (χ0v) is 36.7. The van der Waals surface area contributed by atoms with Crippen LogP contribution in [0, 0.1) is 0 Å². The average Bonchev–Trinajstić information content (AvgIpc) is 4.05. The highest BCUT2D eigenvalue weighted by atomic mass is 32.1. The van der Waals surface area contributed by atoms with E-state index in [4.69, 9.17) is 4.42 Å². The van der Waals surface area contributed by atoms with Crippen molar-refractivity contribution in [2.45, 2.75) is 12.3 Å². The van der Waals surface area contributed by atoms with Gasteiger partial charge in [-0.25, -0.2) is 0 Å². The number of furan rings is 1. The molecule has 3 nitrogen and oxygen atoms in total. The Balaban J connectivity index is 0.880. The van der Waals surface area contributed by atoms with Crippen LogP contribution in [0.1, 0.15) is 23.5 Å². The van der Waals surface area contributed by atoms with Gasteiger partial charge in [-0.3, -0.25) is 0 Å². The number of nitrogens with zero attached hydrogens (tertiary/aromatic N) is 2. The van der Waals surface area contributed by atoms with E-state index in [-0.39, 0.29) is 5.92 Å². The molecule has 3 heterocycles. The molecular weight excluding hydrogens is 821 g/mol. The first-order valence-corrected chi connectivity index (χ1v) is 23.6. The molecule has 1 atom stereocenters. The molecule has 0 N–H and O–H groups in total. The Labute approximate surface area is 386 Å². The summed E-state index contributed by atoms with van der Waals surface area (Å²) < 4.78 is 9.17. The number of allylic oxidation sites excluding steroid dienone is 4. The van der Waals surface area contributed by atoms with Crippen molar-refractivity contribution >= 4 is 109 Å². The maximum Gasteiger partial charge on any atom is 0.137 e. The molecule has 0 radical (unpaired) electrons. The molecule has 0 amide bonds. The van der Waals surface area contributed by atoms with Gasteiger partial charge in [0.25, 0.3) is 0 Å². The van der Waals surface area contributed by atoms with Gasteiger partial charge in [0.2, 0.25) is 0 Å². The predicted octanol–water partition coefficient (Wildman–Crippen LogP) is 18.0. The standard InChI is InChI=1S/C62H40N2OS/c1-2-15-44(16-3-1)64-57-33-27-42(35-55(57)56-36-43-26-31-53-52-20-7-9-23-61(52)66-62(53)54(43)38-58(56)64)41-14-10-17-46(34-41)63(47-30-32-51-50-19-6-8-22-59(50)65-60(51)37-47)45-28-24-40(25-29-45)49-21-11-13-39-12-4-5-18-48(39)49/h1-34,36-38,55H,35H2. The van der Waals surface area contributed by atoms with Crippen LogP contribution in [-0.4, -0.2) is 0 Å². The average molecular weight is 861 g/mol. The molecule has 0 bridgehead atoms. The first-order chi connectivity index (χ1) is 32.7. The summed E-state index contributed by atoms with van der Waals surface area (Å²) in [6.07, 6.45) is 5.63. The molecule has 0 spiro atoms. The molecule has 4 heteroatoms. The summed E-state index contributed by atoms with van der Waals surface area (Å²) in [6, 6.07) is 77.6. The first-order valence-electron chi connectivity index (χ1n) is 22.7. The van der Waals surface area contributed by atoms with E-state index in [0.29, 0.717) is 0 Å². The molecule has 2 aromatic heterocycles. The fourth-order valence-corrected chi connectivity index (χ4v) is 12.1. The third-order valence-electron chi connectivity index (χ3n) is 14.0. The van der Waals surface area contributed by atoms with Gasteiger partial charge in [-0.2, -0.15) is 0 Å². The van der Waals surface area contributed by atoms with E-state index in [1.54, 1.807) is 0 Å². The van der Waals surface area contributed by atoms with Crippen LogP contribution < -0.4 is 9.80 Å². The van der Waals surface area contributed by atoms with Crippen LogP contribution in [0.5, 0.6) is 0 Å². The van der Waals surface area contributed by atoms with Crippen LogP contribution in [0.3, 0.4) is 0 Å². The highest BCUT2D eigenvalue weighted by Gasteiger charge is 2.37. The van der Waals surface area contributed by atoms with E-state index in [0.717, 1.165) is 45.4 Å². The fraction of sp³-hybridized carbons (Fsp3) is 0.0323. The van der Waals surface area contributed by atoms with E-state index < -0.39 is 0 Å². The van der Waals surface area contributed by atoms with Gasteiger partial charge in [-0.15, -0.1) is 11.3 Å². The van der Waals surface area contributed by atoms with Gasteiger partial charge < -0.3 is 14.2 Å². The topological polar surface area (TPSA) is 19.6 Å². The molecule has 0 saturated carbocycles. The molecule has 2 aliphatic rings. The van der Waals surface area contributed by atoms with Gasteiger partial charge in [0, 0.05) is 76.8 Å². The van der Waals surface area contributed by atoms with Crippen LogP contribution in [-0.2, 0) is 0 Å². The Morgan fingerprint density at radius 2 is 1.20 bits per heavy atom. The lowest BCUT2D eigenvalue weighted by Crippen LogP contribution is -2.15. The van der Waals surface area contributed by atoms with Crippen molar-refractivity contribution in [2.24, 2.45) is 0 Å². The summed E-state index contributed by atoms with van der Waals surface area (Å²) in [4.78, 5) is 4.88. The Bertz CT molecular complexity index is 3980. The summed E-state index contributed by atoms with van der Waals surface area (Å²) in [6.45, 7) is 0. The number of thiophene rings is 1. The summed E-state index contributed by atoms with van der Waals surface area (Å²) in [7, 11) is 0. The van der Waals surface area contributed by atoms with E-state index in [1.807, 2.05) is 17.4 Å².